The molecule has 4 nitrogen and oxygen atoms in total. The maximum atomic E-state index is 13.1. The third-order valence-corrected chi connectivity index (χ3v) is 4.62. The van der Waals surface area contributed by atoms with Crippen molar-refractivity contribution < 1.29 is 9.18 Å². The Morgan fingerprint density at radius 2 is 1.88 bits per heavy atom. The Bertz CT molecular complexity index is 833. The van der Waals surface area contributed by atoms with E-state index >= 15 is 0 Å². The molecule has 1 atom stereocenters. The fraction of sp³-hybridized carbons (Fsp3) is 0.211. The first kappa shape index (κ1) is 17.2. The predicted molar refractivity (Wildman–Crippen MR) is 97.0 cm³/mol. The van der Waals surface area contributed by atoms with Crippen LogP contribution in [0, 0.1) is 5.82 Å². The van der Waals surface area contributed by atoms with Crippen molar-refractivity contribution in [1.29, 1.82) is 0 Å². The maximum absolute atomic E-state index is 13.1. The molecule has 6 heteroatoms. The summed E-state index contributed by atoms with van der Waals surface area (Å²) in [5, 5.41) is 7.01. The summed E-state index contributed by atoms with van der Waals surface area (Å²) in [5.74, 6) is -0.526. The topological polar surface area (TPSA) is 54.9 Å². The van der Waals surface area contributed by atoms with E-state index in [1.54, 1.807) is 12.1 Å². The number of aryl methyl sites for hydroxylation is 1. The summed E-state index contributed by atoms with van der Waals surface area (Å²) in [6.45, 7) is 1.98. The molecule has 1 N–H and O–H groups in total. The zero-order valence-corrected chi connectivity index (χ0v) is 14.6. The van der Waals surface area contributed by atoms with Crippen molar-refractivity contribution in [3.63, 3.8) is 0 Å². The number of aromatic nitrogens is 2. The lowest BCUT2D eigenvalue weighted by molar-refractivity contribution is 0.0943. The van der Waals surface area contributed by atoms with Crippen LogP contribution >= 0.6 is 11.5 Å². The van der Waals surface area contributed by atoms with Gasteiger partial charge in [0.15, 0.2) is 0 Å². The molecule has 1 heterocycles. The van der Waals surface area contributed by atoms with Crippen molar-refractivity contribution in [2.24, 2.45) is 0 Å². The minimum absolute atomic E-state index is 0.0240. The van der Waals surface area contributed by atoms with E-state index in [4.69, 9.17) is 0 Å². The highest BCUT2D eigenvalue weighted by molar-refractivity contribution is 7.08. The van der Waals surface area contributed by atoms with Crippen LogP contribution in [-0.4, -0.2) is 21.5 Å². The summed E-state index contributed by atoms with van der Waals surface area (Å²) < 4.78 is 17.0. The summed E-state index contributed by atoms with van der Waals surface area (Å²) >= 11 is 1.05. The van der Waals surface area contributed by atoms with Gasteiger partial charge in [0.2, 0.25) is 0 Å². The van der Waals surface area contributed by atoms with Crippen LogP contribution < -0.4 is 5.32 Å². The van der Waals surface area contributed by atoms with Gasteiger partial charge in [0, 0.05) is 11.6 Å². The van der Waals surface area contributed by atoms with Crippen molar-refractivity contribution >= 4 is 17.4 Å². The number of benzene rings is 2. The van der Waals surface area contributed by atoms with E-state index in [2.05, 4.69) is 27.0 Å². The second-order valence-corrected chi connectivity index (χ2v) is 6.61. The van der Waals surface area contributed by atoms with Gasteiger partial charge >= 0.3 is 0 Å². The zero-order chi connectivity index (χ0) is 17.6. The highest BCUT2D eigenvalue weighted by Gasteiger charge is 2.19. The largest absolute Gasteiger partial charge is 0.349 e. The normalized spacial score (nSPS) is 11.9. The summed E-state index contributed by atoms with van der Waals surface area (Å²) in [4.78, 5) is 13.0. The molecule has 0 bridgehead atoms. The molecule has 1 unspecified atom stereocenters. The Balaban J connectivity index is 1.63. The highest BCUT2D eigenvalue weighted by Crippen LogP contribution is 2.24. The van der Waals surface area contributed by atoms with Gasteiger partial charge in [-0.3, -0.25) is 4.79 Å². The van der Waals surface area contributed by atoms with Crippen LogP contribution in [0.4, 0.5) is 4.39 Å². The molecule has 0 aliphatic carbocycles. The monoisotopic (exact) mass is 355 g/mol. The van der Waals surface area contributed by atoms with Gasteiger partial charge in [-0.25, -0.2) is 4.39 Å². The van der Waals surface area contributed by atoms with Crippen LogP contribution in [-0.2, 0) is 6.42 Å². The molecule has 2 aromatic carbocycles. The van der Waals surface area contributed by atoms with Crippen LogP contribution in [0.1, 0.15) is 28.6 Å². The zero-order valence-electron chi connectivity index (χ0n) is 13.8. The summed E-state index contributed by atoms with van der Waals surface area (Å²) in [6, 6.07) is 16.1. The fourth-order valence-electron chi connectivity index (χ4n) is 2.53. The van der Waals surface area contributed by atoms with E-state index in [9.17, 15) is 9.18 Å². The predicted octanol–water partition coefficient (Wildman–Crippen LogP) is 4.10. The average Bonchev–Trinajstić information content (AvgIpc) is 3.11. The minimum Gasteiger partial charge on any atom is -0.349 e. The van der Waals surface area contributed by atoms with Crippen LogP contribution in [0.25, 0.3) is 11.3 Å². The van der Waals surface area contributed by atoms with Crippen molar-refractivity contribution in [3.8, 4) is 11.3 Å². The third-order valence-electron chi connectivity index (χ3n) is 3.90. The molecule has 0 saturated carbocycles. The Labute approximate surface area is 149 Å². The van der Waals surface area contributed by atoms with Gasteiger partial charge in [-0.05, 0) is 61.1 Å². The maximum Gasteiger partial charge on any atom is 0.265 e. The number of nitrogens with one attached hydrogen (secondary N) is 1. The number of carbonyl (C=O) groups excluding carboxylic acids is 1. The molecule has 25 heavy (non-hydrogen) atoms. The van der Waals surface area contributed by atoms with Gasteiger partial charge in [-0.1, -0.05) is 34.8 Å². The first-order valence-electron chi connectivity index (χ1n) is 8.06. The Morgan fingerprint density at radius 3 is 2.60 bits per heavy atom. The lowest BCUT2D eigenvalue weighted by Crippen LogP contribution is -2.32. The van der Waals surface area contributed by atoms with Crippen LogP contribution in [0.2, 0.25) is 0 Å². The molecule has 0 aliphatic heterocycles. The highest BCUT2D eigenvalue weighted by atomic mass is 32.1. The van der Waals surface area contributed by atoms with Gasteiger partial charge in [0.1, 0.15) is 16.4 Å². The smallest absolute Gasteiger partial charge is 0.265 e. The van der Waals surface area contributed by atoms with Crippen molar-refractivity contribution in [1.82, 2.24) is 14.9 Å². The molecule has 0 aliphatic rings. The van der Waals surface area contributed by atoms with E-state index in [0.29, 0.717) is 16.1 Å². The summed E-state index contributed by atoms with van der Waals surface area (Å²) in [5.41, 5.74) is 2.41. The van der Waals surface area contributed by atoms with Gasteiger partial charge in [0.25, 0.3) is 5.91 Å². The average molecular weight is 355 g/mol. The molecule has 0 spiro atoms. The number of amides is 1. The fourth-order valence-corrected chi connectivity index (χ4v) is 3.12. The van der Waals surface area contributed by atoms with Gasteiger partial charge in [0.05, 0.1) is 0 Å². The number of nitrogens with zero attached hydrogens (tertiary/aromatic N) is 2. The number of rotatable bonds is 6. The molecule has 0 saturated heterocycles. The standard InChI is InChI=1S/C19H18FN3OS/c1-13(7-8-14-5-3-2-4-6-14)21-19(24)18-17(22-23-25-18)15-9-11-16(20)12-10-15/h2-6,9-13H,7-8H2,1H3,(H,21,24). The van der Waals surface area contributed by atoms with Gasteiger partial charge in [-0.2, -0.15) is 0 Å². The van der Waals surface area contributed by atoms with Crippen molar-refractivity contribution in [3.05, 3.63) is 70.9 Å². The second kappa shape index (κ2) is 7.98. The first-order chi connectivity index (χ1) is 12.1. The molecule has 0 radical (unpaired) electrons. The lowest BCUT2D eigenvalue weighted by Gasteiger charge is -2.13. The summed E-state index contributed by atoms with van der Waals surface area (Å²) in [7, 11) is 0. The quantitative estimate of drug-likeness (QED) is 0.724. The van der Waals surface area contributed by atoms with Gasteiger partial charge < -0.3 is 5.32 Å². The molecular formula is C19H18FN3OS. The van der Waals surface area contributed by atoms with E-state index in [0.717, 1.165) is 24.4 Å². The SMILES string of the molecule is CC(CCc1ccccc1)NC(=O)c1snnc1-c1ccc(F)cc1. The third kappa shape index (κ3) is 4.48. The lowest BCUT2D eigenvalue weighted by atomic mass is 10.1. The van der Waals surface area contributed by atoms with E-state index in [1.165, 1.54) is 17.7 Å². The molecule has 0 fully saturated rings. The molecule has 128 valence electrons. The van der Waals surface area contributed by atoms with Crippen molar-refractivity contribution in [2.75, 3.05) is 0 Å². The first-order valence-corrected chi connectivity index (χ1v) is 8.84. The molecule has 3 rings (SSSR count). The van der Waals surface area contributed by atoms with Crippen LogP contribution in [0.5, 0.6) is 0 Å². The van der Waals surface area contributed by atoms with Gasteiger partial charge in [-0.15, -0.1) is 5.10 Å². The Morgan fingerprint density at radius 1 is 1.16 bits per heavy atom. The molecule has 1 amide bonds. The molecule has 3 aromatic rings. The van der Waals surface area contributed by atoms with E-state index in [-0.39, 0.29) is 17.8 Å². The van der Waals surface area contributed by atoms with Crippen LogP contribution in [0.3, 0.4) is 0 Å². The number of halogens is 1. The Kier molecular flexibility index (Phi) is 5.50. The number of carbonyl (C=O) groups is 1. The van der Waals surface area contributed by atoms with Crippen LogP contribution in [0.15, 0.2) is 54.6 Å². The minimum atomic E-state index is -0.326. The Hall–Kier alpha value is -2.60. The van der Waals surface area contributed by atoms with E-state index in [1.807, 2.05) is 25.1 Å². The van der Waals surface area contributed by atoms with E-state index < -0.39 is 0 Å². The number of hydrogen-bond acceptors (Lipinski definition) is 4. The van der Waals surface area contributed by atoms with Crippen molar-refractivity contribution in [2.45, 2.75) is 25.8 Å². The summed E-state index contributed by atoms with van der Waals surface area (Å²) in [6.07, 6.45) is 1.74. The molecule has 1 aromatic heterocycles. The molecular weight excluding hydrogens is 337 g/mol. The number of hydrogen-bond donors (Lipinski definition) is 1. The second-order valence-electron chi connectivity index (χ2n) is 5.86.